The first-order valence-electron chi connectivity index (χ1n) is 9.88. The maximum atomic E-state index is 6.16. The molecule has 3 N–H and O–H groups in total. The van der Waals surface area contributed by atoms with Gasteiger partial charge in [0.15, 0.2) is 17.3 Å². The minimum Gasteiger partial charge on any atom is -0.437 e. The molecule has 3 aromatic heterocycles. The van der Waals surface area contributed by atoms with Crippen molar-refractivity contribution in [1.29, 1.82) is 0 Å². The minimum atomic E-state index is 0.346. The lowest BCUT2D eigenvalue weighted by Gasteiger charge is -2.03. The van der Waals surface area contributed by atoms with E-state index in [1.165, 1.54) is 5.56 Å². The van der Waals surface area contributed by atoms with E-state index in [0.29, 0.717) is 36.9 Å². The van der Waals surface area contributed by atoms with E-state index < -0.39 is 0 Å². The van der Waals surface area contributed by atoms with Gasteiger partial charge in [-0.2, -0.15) is 5.10 Å². The summed E-state index contributed by atoms with van der Waals surface area (Å²) in [6.45, 7) is 1.24. The van der Waals surface area contributed by atoms with Crippen LogP contribution in [0.25, 0.3) is 33.3 Å². The molecule has 0 aliphatic carbocycles. The number of rotatable bonds is 7. The summed E-state index contributed by atoms with van der Waals surface area (Å²) in [6, 6.07) is 18.0. The van der Waals surface area contributed by atoms with Crippen LogP contribution in [0, 0.1) is 0 Å². The zero-order valence-electron chi connectivity index (χ0n) is 16.3. The molecule has 2 aromatic carbocycles. The summed E-state index contributed by atoms with van der Waals surface area (Å²) in [6.07, 6.45) is 3.21. The van der Waals surface area contributed by atoms with Crippen LogP contribution in [-0.4, -0.2) is 26.8 Å². The highest BCUT2D eigenvalue weighted by Gasteiger charge is 2.15. The first-order chi connectivity index (χ1) is 14.8. The third kappa shape index (κ3) is 3.62. The fourth-order valence-corrected chi connectivity index (χ4v) is 3.51. The van der Waals surface area contributed by atoms with Crippen LogP contribution in [-0.2, 0) is 17.8 Å². The summed E-state index contributed by atoms with van der Waals surface area (Å²) >= 11 is 0. The second kappa shape index (κ2) is 7.96. The highest BCUT2D eigenvalue weighted by Crippen LogP contribution is 2.31. The van der Waals surface area contributed by atoms with Crippen LogP contribution < -0.4 is 5.73 Å². The smallest absolute Gasteiger partial charge is 0.197 e. The number of oxazole rings is 1. The Morgan fingerprint density at radius 2 is 1.93 bits per heavy atom. The lowest BCUT2D eigenvalue weighted by Crippen LogP contribution is -1.97. The number of nitrogens with two attached hydrogens (primary N) is 1. The molecule has 0 unspecified atom stereocenters. The normalized spacial score (nSPS) is 11.5. The van der Waals surface area contributed by atoms with E-state index in [1.54, 1.807) is 6.20 Å². The number of aromatic nitrogens is 4. The fourth-order valence-electron chi connectivity index (χ4n) is 3.51. The van der Waals surface area contributed by atoms with Crippen LogP contribution >= 0.6 is 0 Å². The monoisotopic (exact) mass is 399 g/mol. The van der Waals surface area contributed by atoms with Gasteiger partial charge in [0, 0.05) is 30.2 Å². The van der Waals surface area contributed by atoms with Crippen LogP contribution in [0.5, 0.6) is 0 Å². The third-order valence-corrected chi connectivity index (χ3v) is 5.00. The SMILES string of the molecule is Nc1nc2cc(-c3ccn[nH]3)ccc2c2nc(CCCOCc3ccccc3)oc12. The number of ether oxygens (including phenoxy) is 1. The molecule has 0 amide bonds. The first kappa shape index (κ1) is 18.3. The fraction of sp³-hybridized carbons (Fsp3) is 0.174. The van der Waals surface area contributed by atoms with E-state index in [-0.39, 0.29) is 0 Å². The van der Waals surface area contributed by atoms with Crippen LogP contribution in [0.15, 0.2) is 65.2 Å². The average molecular weight is 399 g/mol. The van der Waals surface area contributed by atoms with Crippen LogP contribution in [0.3, 0.4) is 0 Å². The molecule has 150 valence electrons. The van der Waals surface area contributed by atoms with Crippen LogP contribution in [0.1, 0.15) is 17.9 Å². The molecular formula is C23H21N5O2. The van der Waals surface area contributed by atoms with E-state index in [4.69, 9.17) is 14.9 Å². The zero-order chi connectivity index (χ0) is 20.3. The van der Waals surface area contributed by atoms with Crippen molar-refractivity contribution >= 4 is 27.8 Å². The number of nitrogen functional groups attached to an aromatic ring is 1. The van der Waals surface area contributed by atoms with E-state index in [9.17, 15) is 0 Å². The average Bonchev–Trinajstić information content (AvgIpc) is 3.45. The van der Waals surface area contributed by atoms with Gasteiger partial charge in [0.05, 0.1) is 17.8 Å². The molecule has 5 rings (SSSR count). The van der Waals surface area contributed by atoms with Crippen molar-refractivity contribution in [2.24, 2.45) is 0 Å². The van der Waals surface area contributed by atoms with E-state index >= 15 is 0 Å². The predicted octanol–water partition coefficient (Wildman–Crippen LogP) is 4.50. The number of nitrogens with zero attached hydrogens (tertiary/aromatic N) is 3. The van der Waals surface area contributed by atoms with Crippen molar-refractivity contribution in [1.82, 2.24) is 20.2 Å². The number of fused-ring (bicyclic) bond motifs is 3. The number of nitrogens with one attached hydrogen (secondary N) is 1. The number of aryl methyl sites for hydroxylation is 1. The number of H-pyrrole nitrogens is 1. The Kier molecular flexibility index (Phi) is 4.86. The van der Waals surface area contributed by atoms with Gasteiger partial charge in [-0.05, 0) is 30.2 Å². The largest absolute Gasteiger partial charge is 0.437 e. The van der Waals surface area contributed by atoms with Gasteiger partial charge in [-0.1, -0.05) is 36.4 Å². The summed E-state index contributed by atoms with van der Waals surface area (Å²) in [7, 11) is 0. The quantitative estimate of drug-likeness (QED) is 0.391. The molecule has 0 bridgehead atoms. The molecule has 0 radical (unpaired) electrons. The number of pyridine rings is 1. The Morgan fingerprint density at radius 1 is 1.03 bits per heavy atom. The predicted molar refractivity (Wildman–Crippen MR) is 116 cm³/mol. The highest BCUT2D eigenvalue weighted by atomic mass is 16.5. The molecule has 0 atom stereocenters. The van der Waals surface area contributed by atoms with E-state index in [2.05, 4.69) is 32.3 Å². The van der Waals surface area contributed by atoms with Crippen LogP contribution in [0.2, 0.25) is 0 Å². The van der Waals surface area contributed by atoms with Crippen molar-refractivity contribution in [3.8, 4) is 11.3 Å². The van der Waals surface area contributed by atoms with Crippen molar-refractivity contribution in [2.75, 3.05) is 12.3 Å². The Labute approximate surface area is 172 Å². The van der Waals surface area contributed by atoms with Crippen molar-refractivity contribution in [3.63, 3.8) is 0 Å². The Bertz CT molecular complexity index is 1280. The van der Waals surface area contributed by atoms with Gasteiger partial charge in [-0.3, -0.25) is 5.10 Å². The maximum absolute atomic E-state index is 6.16. The van der Waals surface area contributed by atoms with E-state index in [1.807, 2.05) is 42.5 Å². The van der Waals surface area contributed by atoms with Gasteiger partial charge < -0.3 is 14.9 Å². The number of benzene rings is 2. The number of anilines is 1. The summed E-state index contributed by atoms with van der Waals surface area (Å²) in [5.74, 6) is 0.991. The van der Waals surface area contributed by atoms with Crippen LogP contribution in [0.4, 0.5) is 5.82 Å². The standard InChI is InChI=1S/C23H21N5O2/c24-23-22-21(17-9-8-16(13-19(17)26-23)18-10-11-25-28-18)27-20(30-22)7-4-12-29-14-15-5-2-1-3-6-15/h1-3,5-6,8-11,13H,4,7,12,14H2,(H2,24,26)(H,25,28). The summed E-state index contributed by atoms with van der Waals surface area (Å²) in [5.41, 5.74) is 11.3. The molecule has 0 saturated heterocycles. The molecular weight excluding hydrogens is 378 g/mol. The second-order valence-corrected chi connectivity index (χ2v) is 7.13. The Morgan fingerprint density at radius 3 is 2.77 bits per heavy atom. The molecule has 0 aliphatic heterocycles. The molecule has 0 spiro atoms. The van der Waals surface area contributed by atoms with Crippen molar-refractivity contribution in [2.45, 2.75) is 19.4 Å². The lowest BCUT2D eigenvalue weighted by atomic mass is 10.1. The first-order valence-corrected chi connectivity index (χ1v) is 9.88. The highest BCUT2D eigenvalue weighted by molar-refractivity contribution is 6.06. The molecule has 7 nitrogen and oxygen atoms in total. The Balaban J connectivity index is 1.32. The lowest BCUT2D eigenvalue weighted by molar-refractivity contribution is 0.117. The minimum absolute atomic E-state index is 0.346. The van der Waals surface area contributed by atoms with Gasteiger partial charge >= 0.3 is 0 Å². The number of hydrogen-bond donors (Lipinski definition) is 2. The Hall–Kier alpha value is -3.71. The molecule has 0 aliphatic rings. The van der Waals surface area contributed by atoms with Gasteiger partial charge in [0.25, 0.3) is 0 Å². The van der Waals surface area contributed by atoms with Crippen molar-refractivity contribution in [3.05, 3.63) is 72.2 Å². The number of aromatic amines is 1. The second-order valence-electron chi connectivity index (χ2n) is 7.13. The maximum Gasteiger partial charge on any atom is 0.197 e. The summed E-state index contributed by atoms with van der Waals surface area (Å²) in [5, 5.41) is 7.88. The molecule has 0 fully saturated rings. The molecule has 30 heavy (non-hydrogen) atoms. The third-order valence-electron chi connectivity index (χ3n) is 5.00. The molecule has 7 heteroatoms. The van der Waals surface area contributed by atoms with Gasteiger partial charge in [0.2, 0.25) is 0 Å². The number of hydrogen-bond acceptors (Lipinski definition) is 6. The van der Waals surface area contributed by atoms with Gasteiger partial charge in [-0.25, -0.2) is 9.97 Å². The summed E-state index contributed by atoms with van der Waals surface area (Å²) < 4.78 is 11.6. The van der Waals surface area contributed by atoms with Crippen molar-refractivity contribution < 1.29 is 9.15 Å². The van der Waals surface area contributed by atoms with Gasteiger partial charge in [-0.15, -0.1) is 0 Å². The topological polar surface area (TPSA) is 103 Å². The zero-order valence-corrected chi connectivity index (χ0v) is 16.3. The van der Waals surface area contributed by atoms with E-state index in [0.717, 1.165) is 34.1 Å². The molecule has 5 aromatic rings. The summed E-state index contributed by atoms with van der Waals surface area (Å²) in [4.78, 5) is 9.20. The van der Waals surface area contributed by atoms with Gasteiger partial charge in [0.1, 0.15) is 5.52 Å². The molecule has 3 heterocycles. The molecule has 0 saturated carbocycles.